The van der Waals surface area contributed by atoms with Crippen molar-refractivity contribution in [3.05, 3.63) is 65.4 Å². The van der Waals surface area contributed by atoms with Crippen molar-refractivity contribution in [2.75, 3.05) is 7.11 Å². The van der Waals surface area contributed by atoms with Gasteiger partial charge in [0.25, 0.3) is 0 Å². The van der Waals surface area contributed by atoms with E-state index in [1.54, 1.807) is 36.4 Å². The molecule has 0 aliphatic rings. The van der Waals surface area contributed by atoms with Crippen LogP contribution in [0.4, 0.5) is 13.2 Å². The largest absolute Gasteiger partial charge is 0.573 e. The summed E-state index contributed by atoms with van der Waals surface area (Å²) in [6, 6.07) is 12.8. The maximum absolute atomic E-state index is 12.5. The van der Waals surface area contributed by atoms with E-state index in [9.17, 15) is 18.0 Å². The maximum Gasteiger partial charge on any atom is 0.573 e. The summed E-state index contributed by atoms with van der Waals surface area (Å²) in [6.07, 6.45) is -4.51. The maximum atomic E-state index is 12.5. The van der Waals surface area contributed by atoms with Crippen LogP contribution in [-0.4, -0.2) is 24.4 Å². The molecule has 0 spiro atoms. The van der Waals surface area contributed by atoms with E-state index in [4.69, 9.17) is 0 Å². The van der Waals surface area contributed by atoms with Crippen molar-refractivity contribution < 1.29 is 27.4 Å². The number of hydrogen-bond donors (Lipinski definition) is 1. The molecule has 3 aromatic rings. The number of esters is 1. The molecule has 0 aliphatic carbocycles. The number of alkyl halides is 3. The molecule has 0 saturated heterocycles. The van der Waals surface area contributed by atoms with Crippen molar-refractivity contribution in [1.82, 2.24) is 4.98 Å². The highest BCUT2D eigenvalue weighted by atomic mass is 19.4. The first-order valence-corrected chi connectivity index (χ1v) is 7.39. The number of para-hydroxylation sites is 1. The highest BCUT2D eigenvalue weighted by molar-refractivity contribution is 5.94. The van der Waals surface area contributed by atoms with Crippen LogP contribution in [0, 0.1) is 0 Å². The summed E-state index contributed by atoms with van der Waals surface area (Å²) in [7, 11) is 1.30. The molecule has 0 atom stereocenters. The van der Waals surface area contributed by atoms with Crippen molar-refractivity contribution in [1.29, 1.82) is 0 Å². The third kappa shape index (κ3) is 3.93. The standard InChI is InChI=1S/C18H14F3NO3/c1-24-17(23)12-6-7-15-13(8-12)10-14(22-15)9-11-4-2-3-5-16(11)25-18(19,20)21/h2-8,10,22H,9H2,1H3. The molecule has 0 radical (unpaired) electrons. The summed E-state index contributed by atoms with van der Waals surface area (Å²) in [6.45, 7) is 0. The van der Waals surface area contributed by atoms with E-state index in [0.29, 0.717) is 16.8 Å². The van der Waals surface area contributed by atoms with Crippen LogP contribution in [0.5, 0.6) is 5.75 Å². The summed E-state index contributed by atoms with van der Waals surface area (Å²) >= 11 is 0. The van der Waals surface area contributed by atoms with E-state index >= 15 is 0 Å². The summed E-state index contributed by atoms with van der Waals surface area (Å²) < 4.78 is 46.3. The number of fused-ring (bicyclic) bond motifs is 1. The van der Waals surface area contributed by atoms with Crippen LogP contribution >= 0.6 is 0 Å². The molecule has 130 valence electrons. The van der Waals surface area contributed by atoms with Crippen molar-refractivity contribution in [3.63, 3.8) is 0 Å². The third-order valence-corrected chi connectivity index (χ3v) is 3.68. The van der Waals surface area contributed by atoms with Crippen molar-refractivity contribution in [2.24, 2.45) is 0 Å². The molecule has 2 aromatic carbocycles. The van der Waals surface area contributed by atoms with E-state index in [0.717, 1.165) is 10.9 Å². The Bertz CT molecular complexity index is 915. The molecule has 4 nitrogen and oxygen atoms in total. The highest BCUT2D eigenvalue weighted by Gasteiger charge is 2.32. The molecule has 0 amide bonds. The second-order valence-corrected chi connectivity index (χ2v) is 5.42. The average Bonchev–Trinajstić information content (AvgIpc) is 2.96. The molecule has 0 saturated carbocycles. The van der Waals surface area contributed by atoms with Gasteiger partial charge in [0.05, 0.1) is 12.7 Å². The number of rotatable bonds is 4. The van der Waals surface area contributed by atoms with Crippen molar-refractivity contribution in [3.8, 4) is 5.75 Å². The van der Waals surface area contributed by atoms with E-state index in [1.165, 1.54) is 19.2 Å². The van der Waals surface area contributed by atoms with Crippen LogP contribution in [0.1, 0.15) is 21.6 Å². The Kier molecular flexibility index (Phi) is 4.39. The fourth-order valence-corrected chi connectivity index (χ4v) is 2.61. The fourth-order valence-electron chi connectivity index (χ4n) is 2.61. The number of nitrogens with one attached hydrogen (secondary N) is 1. The summed E-state index contributed by atoms with van der Waals surface area (Å²) in [5, 5.41) is 0.770. The number of H-pyrrole nitrogens is 1. The summed E-state index contributed by atoms with van der Waals surface area (Å²) in [5.41, 5.74) is 2.29. The van der Waals surface area contributed by atoms with Crippen molar-refractivity contribution >= 4 is 16.9 Å². The van der Waals surface area contributed by atoms with Gasteiger partial charge in [-0.1, -0.05) is 18.2 Å². The zero-order valence-electron chi connectivity index (χ0n) is 13.2. The number of benzene rings is 2. The zero-order valence-corrected chi connectivity index (χ0v) is 13.2. The lowest BCUT2D eigenvalue weighted by Gasteiger charge is -2.12. The molecule has 0 unspecified atom stereocenters. The molecular weight excluding hydrogens is 335 g/mol. The van der Waals surface area contributed by atoms with E-state index in [-0.39, 0.29) is 12.2 Å². The lowest BCUT2D eigenvalue weighted by atomic mass is 10.1. The van der Waals surface area contributed by atoms with E-state index in [2.05, 4.69) is 14.5 Å². The number of halogens is 3. The molecule has 1 heterocycles. The van der Waals surface area contributed by atoms with Gasteiger partial charge in [0.1, 0.15) is 5.75 Å². The first-order valence-electron chi connectivity index (χ1n) is 7.39. The smallest absolute Gasteiger partial charge is 0.465 e. The predicted molar refractivity (Wildman–Crippen MR) is 85.6 cm³/mol. The third-order valence-electron chi connectivity index (χ3n) is 3.68. The van der Waals surface area contributed by atoms with Gasteiger partial charge in [-0.15, -0.1) is 13.2 Å². The van der Waals surface area contributed by atoms with Crippen LogP contribution in [0.2, 0.25) is 0 Å². The Morgan fingerprint density at radius 1 is 1.12 bits per heavy atom. The lowest BCUT2D eigenvalue weighted by molar-refractivity contribution is -0.274. The number of carbonyl (C=O) groups is 1. The minimum atomic E-state index is -4.74. The van der Waals surface area contributed by atoms with Crippen LogP contribution in [0.15, 0.2) is 48.5 Å². The van der Waals surface area contributed by atoms with Gasteiger partial charge in [-0.25, -0.2) is 4.79 Å². The molecular formula is C18H14F3NO3. The Morgan fingerprint density at radius 3 is 2.60 bits per heavy atom. The lowest BCUT2D eigenvalue weighted by Crippen LogP contribution is -2.18. The van der Waals surface area contributed by atoms with Gasteiger partial charge in [0.2, 0.25) is 0 Å². The molecule has 7 heteroatoms. The molecule has 0 bridgehead atoms. The Balaban J connectivity index is 1.90. The van der Waals surface area contributed by atoms with Crippen LogP contribution < -0.4 is 4.74 Å². The average molecular weight is 349 g/mol. The number of hydrogen-bond acceptors (Lipinski definition) is 3. The molecule has 25 heavy (non-hydrogen) atoms. The Morgan fingerprint density at radius 2 is 1.88 bits per heavy atom. The second kappa shape index (κ2) is 6.51. The van der Waals surface area contributed by atoms with Gasteiger partial charge < -0.3 is 14.5 Å². The Labute approximate surface area is 141 Å². The monoisotopic (exact) mass is 349 g/mol. The van der Waals surface area contributed by atoms with Gasteiger partial charge >= 0.3 is 12.3 Å². The second-order valence-electron chi connectivity index (χ2n) is 5.42. The SMILES string of the molecule is COC(=O)c1ccc2[nH]c(Cc3ccccc3OC(F)(F)F)cc2c1. The highest BCUT2D eigenvalue weighted by Crippen LogP contribution is 2.28. The summed E-state index contributed by atoms with van der Waals surface area (Å²) in [5.74, 6) is -0.683. The quantitative estimate of drug-likeness (QED) is 0.708. The van der Waals surface area contributed by atoms with Crippen LogP contribution in [0.3, 0.4) is 0 Å². The van der Waals surface area contributed by atoms with Gasteiger partial charge in [0.15, 0.2) is 0 Å². The molecule has 0 fully saturated rings. The van der Waals surface area contributed by atoms with Gasteiger partial charge in [0, 0.05) is 28.6 Å². The predicted octanol–water partition coefficient (Wildman–Crippen LogP) is 4.44. The zero-order chi connectivity index (χ0) is 18.0. The van der Waals surface area contributed by atoms with Gasteiger partial charge in [-0.3, -0.25) is 0 Å². The number of aromatic amines is 1. The molecule has 0 aliphatic heterocycles. The number of methoxy groups -OCH3 is 1. The summed E-state index contributed by atoms with van der Waals surface area (Å²) in [4.78, 5) is 14.7. The molecule has 3 rings (SSSR count). The van der Waals surface area contributed by atoms with Crippen LogP contribution in [0.25, 0.3) is 10.9 Å². The molecule has 1 aromatic heterocycles. The number of aromatic nitrogens is 1. The number of ether oxygens (including phenoxy) is 2. The number of carbonyl (C=O) groups excluding carboxylic acids is 1. The first-order chi connectivity index (χ1) is 11.9. The van der Waals surface area contributed by atoms with Crippen LogP contribution in [-0.2, 0) is 11.2 Å². The van der Waals surface area contributed by atoms with E-state index < -0.39 is 12.3 Å². The minimum Gasteiger partial charge on any atom is -0.465 e. The first kappa shape index (κ1) is 16.9. The van der Waals surface area contributed by atoms with Gasteiger partial charge in [-0.05, 0) is 30.3 Å². The fraction of sp³-hybridized carbons (Fsp3) is 0.167. The normalized spacial score (nSPS) is 11.5. The Hall–Kier alpha value is -2.96. The van der Waals surface area contributed by atoms with Gasteiger partial charge in [-0.2, -0.15) is 0 Å². The van der Waals surface area contributed by atoms with E-state index in [1.807, 2.05) is 0 Å². The molecule has 1 N–H and O–H groups in total. The minimum absolute atomic E-state index is 0.231. The topological polar surface area (TPSA) is 51.3 Å². The van der Waals surface area contributed by atoms with Crippen molar-refractivity contribution in [2.45, 2.75) is 12.8 Å².